The van der Waals surface area contributed by atoms with E-state index in [1.54, 1.807) is 7.11 Å². The highest BCUT2D eigenvalue weighted by atomic mass is 35.5. The van der Waals surface area contributed by atoms with Gasteiger partial charge in [-0.3, -0.25) is 9.59 Å². The topological polar surface area (TPSA) is 72.6 Å². The van der Waals surface area contributed by atoms with Crippen molar-refractivity contribution in [2.75, 3.05) is 26.7 Å². The van der Waals surface area contributed by atoms with Crippen molar-refractivity contribution < 1.29 is 14.3 Å². The second kappa shape index (κ2) is 11.9. The van der Waals surface area contributed by atoms with Crippen LogP contribution < -0.4 is 10.5 Å². The van der Waals surface area contributed by atoms with Gasteiger partial charge in [0, 0.05) is 31.0 Å². The molecule has 1 amide bonds. The summed E-state index contributed by atoms with van der Waals surface area (Å²) in [6.07, 6.45) is 6.25. The number of carbonyl (C=O) groups is 2. The smallest absolute Gasteiger partial charge is 0.222 e. The summed E-state index contributed by atoms with van der Waals surface area (Å²) < 4.78 is 5.13. The first-order chi connectivity index (χ1) is 12.2. The highest BCUT2D eigenvalue weighted by Gasteiger charge is 2.27. The molecule has 1 aromatic rings. The molecule has 1 aromatic carbocycles. The number of piperidine rings is 1. The summed E-state index contributed by atoms with van der Waals surface area (Å²) in [6.45, 7) is 2.10. The fourth-order valence-electron chi connectivity index (χ4n) is 3.31. The number of amides is 1. The second-order valence-electron chi connectivity index (χ2n) is 6.70. The van der Waals surface area contributed by atoms with Gasteiger partial charge in [-0.15, -0.1) is 12.4 Å². The largest absolute Gasteiger partial charge is 0.497 e. The molecule has 5 nitrogen and oxygen atoms in total. The first kappa shape index (κ1) is 22.5. The number of methoxy groups -OCH3 is 1. The van der Waals surface area contributed by atoms with Crippen LogP contribution in [0.3, 0.4) is 0 Å². The molecule has 26 heavy (non-hydrogen) atoms. The summed E-state index contributed by atoms with van der Waals surface area (Å²) in [4.78, 5) is 26.8. The van der Waals surface area contributed by atoms with E-state index in [1.165, 1.54) is 0 Å². The summed E-state index contributed by atoms with van der Waals surface area (Å²) in [5.74, 6) is 1.17. The number of rotatable bonds is 9. The molecule has 0 spiro atoms. The average molecular weight is 383 g/mol. The highest BCUT2D eigenvalue weighted by molar-refractivity contribution is 5.98. The van der Waals surface area contributed by atoms with Crippen molar-refractivity contribution in [3.8, 4) is 5.75 Å². The number of unbranched alkanes of at least 4 members (excludes halogenated alkanes) is 3. The zero-order valence-corrected chi connectivity index (χ0v) is 16.4. The molecule has 0 radical (unpaired) electrons. The molecule has 1 aliphatic heterocycles. The van der Waals surface area contributed by atoms with Crippen LogP contribution in [0.25, 0.3) is 0 Å². The van der Waals surface area contributed by atoms with Crippen molar-refractivity contribution in [1.82, 2.24) is 4.90 Å². The Morgan fingerprint density at radius 1 is 1.08 bits per heavy atom. The number of hydrogen-bond acceptors (Lipinski definition) is 4. The zero-order valence-electron chi connectivity index (χ0n) is 15.6. The molecule has 2 N–H and O–H groups in total. The molecule has 1 heterocycles. The predicted octanol–water partition coefficient (Wildman–Crippen LogP) is 3.45. The molecule has 0 aromatic heterocycles. The van der Waals surface area contributed by atoms with E-state index in [9.17, 15) is 9.59 Å². The maximum Gasteiger partial charge on any atom is 0.222 e. The number of carbonyl (C=O) groups excluding carboxylic acids is 2. The van der Waals surface area contributed by atoms with E-state index >= 15 is 0 Å². The van der Waals surface area contributed by atoms with Crippen LogP contribution in [0.15, 0.2) is 24.3 Å². The maximum atomic E-state index is 12.6. The third kappa shape index (κ3) is 6.61. The number of ketones is 1. The molecule has 0 atom stereocenters. The Hall–Kier alpha value is -1.59. The minimum Gasteiger partial charge on any atom is -0.497 e. The van der Waals surface area contributed by atoms with Gasteiger partial charge in [-0.25, -0.2) is 0 Å². The fourth-order valence-corrected chi connectivity index (χ4v) is 3.31. The SMILES string of the molecule is COc1ccc(C(=O)C2CCN(C(=O)CCCCCCN)CC2)cc1.Cl. The van der Waals surface area contributed by atoms with E-state index in [4.69, 9.17) is 10.5 Å². The van der Waals surface area contributed by atoms with Crippen LogP contribution in [0.1, 0.15) is 55.3 Å². The van der Waals surface area contributed by atoms with Gasteiger partial charge in [0.15, 0.2) is 5.78 Å². The minimum absolute atomic E-state index is 0. The molecular weight excluding hydrogens is 352 g/mol. The van der Waals surface area contributed by atoms with Crippen molar-refractivity contribution in [1.29, 1.82) is 0 Å². The lowest BCUT2D eigenvalue weighted by molar-refractivity contribution is -0.132. The quantitative estimate of drug-likeness (QED) is 0.524. The van der Waals surface area contributed by atoms with E-state index < -0.39 is 0 Å². The number of nitrogens with two attached hydrogens (primary N) is 1. The predicted molar refractivity (Wildman–Crippen MR) is 106 cm³/mol. The van der Waals surface area contributed by atoms with Gasteiger partial charge in [0.25, 0.3) is 0 Å². The van der Waals surface area contributed by atoms with E-state index in [0.717, 1.165) is 56.4 Å². The Balaban J connectivity index is 0.00000338. The summed E-state index contributed by atoms with van der Waals surface area (Å²) in [5.41, 5.74) is 6.20. The van der Waals surface area contributed by atoms with Crippen LogP contribution in [0, 0.1) is 5.92 Å². The molecule has 1 fully saturated rings. The number of nitrogens with zero attached hydrogens (tertiary/aromatic N) is 1. The lowest BCUT2D eigenvalue weighted by atomic mass is 9.88. The summed E-state index contributed by atoms with van der Waals surface area (Å²) in [7, 11) is 1.61. The molecule has 0 aliphatic carbocycles. The first-order valence-electron chi connectivity index (χ1n) is 9.32. The summed E-state index contributed by atoms with van der Waals surface area (Å²) >= 11 is 0. The second-order valence-corrected chi connectivity index (χ2v) is 6.70. The Morgan fingerprint density at radius 3 is 2.27 bits per heavy atom. The normalized spacial score (nSPS) is 14.6. The van der Waals surface area contributed by atoms with Crippen LogP contribution in [0.4, 0.5) is 0 Å². The van der Waals surface area contributed by atoms with Crippen molar-refractivity contribution in [2.24, 2.45) is 11.7 Å². The van der Waals surface area contributed by atoms with Crippen molar-refractivity contribution >= 4 is 24.1 Å². The molecule has 0 bridgehead atoms. The number of ether oxygens (including phenoxy) is 1. The lowest BCUT2D eigenvalue weighted by Crippen LogP contribution is -2.40. The number of hydrogen-bond donors (Lipinski definition) is 1. The Bertz CT molecular complexity index is 555. The molecule has 0 unspecified atom stereocenters. The first-order valence-corrected chi connectivity index (χ1v) is 9.32. The molecule has 1 saturated heterocycles. The Kier molecular flexibility index (Phi) is 10.3. The molecular formula is C20H31ClN2O3. The van der Waals surface area contributed by atoms with Gasteiger partial charge in [-0.2, -0.15) is 0 Å². The van der Waals surface area contributed by atoms with Gasteiger partial charge < -0.3 is 15.4 Å². The summed E-state index contributed by atoms with van der Waals surface area (Å²) in [6, 6.07) is 7.27. The van der Waals surface area contributed by atoms with Gasteiger partial charge >= 0.3 is 0 Å². The number of likely N-dealkylation sites (tertiary alicyclic amines) is 1. The summed E-state index contributed by atoms with van der Waals surface area (Å²) in [5, 5.41) is 0. The minimum atomic E-state index is 0. The third-order valence-electron chi connectivity index (χ3n) is 4.94. The van der Waals surface area contributed by atoms with Gasteiger partial charge in [0.1, 0.15) is 5.75 Å². The highest BCUT2D eigenvalue weighted by Crippen LogP contribution is 2.23. The van der Waals surface area contributed by atoms with Crippen LogP contribution in [-0.4, -0.2) is 43.3 Å². The molecule has 1 aliphatic rings. The van der Waals surface area contributed by atoms with E-state index in [-0.39, 0.29) is 30.0 Å². The van der Waals surface area contributed by atoms with Crippen LogP contribution in [-0.2, 0) is 4.79 Å². The Morgan fingerprint density at radius 2 is 1.69 bits per heavy atom. The number of Topliss-reactive ketones (excluding diaryl/α,β-unsaturated/α-hetero) is 1. The van der Waals surface area contributed by atoms with Crippen LogP contribution in [0.2, 0.25) is 0 Å². The zero-order chi connectivity index (χ0) is 18.1. The van der Waals surface area contributed by atoms with Crippen molar-refractivity contribution in [3.05, 3.63) is 29.8 Å². The molecule has 146 valence electrons. The van der Waals surface area contributed by atoms with Gasteiger partial charge in [-0.1, -0.05) is 12.8 Å². The molecule has 0 saturated carbocycles. The van der Waals surface area contributed by atoms with Crippen LogP contribution >= 0.6 is 12.4 Å². The molecule has 2 rings (SSSR count). The van der Waals surface area contributed by atoms with Crippen molar-refractivity contribution in [2.45, 2.75) is 44.9 Å². The van der Waals surface area contributed by atoms with E-state index in [0.29, 0.717) is 19.5 Å². The fraction of sp³-hybridized carbons (Fsp3) is 0.600. The lowest BCUT2D eigenvalue weighted by Gasteiger charge is -2.31. The van der Waals surface area contributed by atoms with Crippen LogP contribution in [0.5, 0.6) is 5.75 Å². The van der Waals surface area contributed by atoms with Gasteiger partial charge in [0.2, 0.25) is 5.91 Å². The standard InChI is InChI=1S/C20H30N2O3.ClH/c1-25-18-9-7-16(8-10-18)20(24)17-11-14-22(15-12-17)19(23)6-4-2-3-5-13-21;/h7-10,17H,2-6,11-15,21H2,1H3;1H. The van der Waals surface area contributed by atoms with Gasteiger partial charge in [0.05, 0.1) is 7.11 Å². The monoisotopic (exact) mass is 382 g/mol. The number of benzene rings is 1. The van der Waals surface area contributed by atoms with E-state index in [1.807, 2.05) is 29.2 Å². The molecule has 6 heteroatoms. The maximum absolute atomic E-state index is 12.6. The third-order valence-corrected chi connectivity index (χ3v) is 4.94. The van der Waals surface area contributed by atoms with Gasteiger partial charge in [-0.05, 0) is 56.5 Å². The van der Waals surface area contributed by atoms with E-state index in [2.05, 4.69) is 0 Å². The average Bonchev–Trinajstić information content (AvgIpc) is 2.67. The van der Waals surface area contributed by atoms with Crippen molar-refractivity contribution in [3.63, 3.8) is 0 Å². The number of halogens is 1. The Labute approximate surface area is 162 Å².